The first-order valence-corrected chi connectivity index (χ1v) is 6.00. The Balaban J connectivity index is 2.68. The molecule has 0 bridgehead atoms. The molecule has 0 aromatic rings. The zero-order valence-corrected chi connectivity index (χ0v) is 10.6. The maximum Gasteiger partial charge on any atom is 0.232 e. The van der Waals surface area contributed by atoms with Crippen LogP contribution in [0, 0.1) is 17.8 Å². The molecule has 4 unspecified atom stereocenters. The lowest BCUT2D eigenvalue weighted by molar-refractivity contribution is -0.140. The number of nitrogens with zero attached hydrogens (tertiary/aromatic N) is 1. The van der Waals surface area contributed by atoms with Gasteiger partial charge >= 0.3 is 0 Å². The van der Waals surface area contributed by atoms with Crippen molar-refractivity contribution in [2.24, 2.45) is 23.5 Å². The number of likely N-dealkylation sites (tertiary alicyclic amines) is 1. The molecule has 1 heterocycles. The number of amides is 2. The Labute approximate surface area is 97.2 Å². The first kappa shape index (κ1) is 13.2. The van der Waals surface area contributed by atoms with Crippen LogP contribution in [0.2, 0.25) is 0 Å². The van der Waals surface area contributed by atoms with E-state index in [-0.39, 0.29) is 29.7 Å². The average molecular weight is 226 g/mol. The van der Waals surface area contributed by atoms with Crippen molar-refractivity contribution >= 4 is 11.8 Å². The minimum atomic E-state index is -0.198. The van der Waals surface area contributed by atoms with Gasteiger partial charge in [0.25, 0.3) is 0 Å². The zero-order chi connectivity index (χ0) is 12.5. The highest BCUT2D eigenvalue weighted by Crippen LogP contribution is 2.25. The zero-order valence-electron chi connectivity index (χ0n) is 10.6. The number of nitrogens with two attached hydrogens (primary N) is 1. The third kappa shape index (κ3) is 2.26. The van der Waals surface area contributed by atoms with E-state index in [9.17, 15) is 9.59 Å². The van der Waals surface area contributed by atoms with Crippen LogP contribution >= 0.6 is 0 Å². The monoisotopic (exact) mass is 226 g/mol. The van der Waals surface area contributed by atoms with Gasteiger partial charge in [-0.1, -0.05) is 34.1 Å². The third-order valence-electron chi connectivity index (χ3n) is 3.83. The van der Waals surface area contributed by atoms with E-state index < -0.39 is 0 Å². The van der Waals surface area contributed by atoms with E-state index in [0.717, 1.165) is 6.42 Å². The fourth-order valence-electron chi connectivity index (χ4n) is 1.90. The molecule has 0 radical (unpaired) electrons. The van der Waals surface area contributed by atoms with E-state index in [1.54, 1.807) is 13.8 Å². The number of carbonyl (C=O) groups excluding carboxylic acids is 2. The van der Waals surface area contributed by atoms with Gasteiger partial charge in [-0.25, -0.2) is 0 Å². The molecule has 0 aliphatic carbocycles. The topological polar surface area (TPSA) is 63.4 Å². The lowest BCUT2D eigenvalue weighted by atomic mass is 10.00. The summed E-state index contributed by atoms with van der Waals surface area (Å²) in [6.07, 6.45) is 0.961. The predicted molar refractivity (Wildman–Crippen MR) is 62.5 cm³/mol. The normalized spacial score (nSPS) is 29.7. The van der Waals surface area contributed by atoms with Crippen molar-refractivity contribution in [2.45, 2.75) is 40.2 Å². The van der Waals surface area contributed by atoms with Crippen molar-refractivity contribution in [2.75, 3.05) is 6.54 Å². The van der Waals surface area contributed by atoms with Crippen LogP contribution in [0.15, 0.2) is 0 Å². The SMILES string of the molecule is CCC(C)C(N)CN1C(=O)C(C)C(C)C1=O. The van der Waals surface area contributed by atoms with E-state index in [0.29, 0.717) is 12.5 Å². The van der Waals surface area contributed by atoms with Crippen LogP contribution in [-0.4, -0.2) is 29.3 Å². The Hall–Kier alpha value is -0.900. The molecule has 4 heteroatoms. The van der Waals surface area contributed by atoms with Crippen LogP contribution in [-0.2, 0) is 9.59 Å². The van der Waals surface area contributed by atoms with Crippen molar-refractivity contribution in [3.05, 3.63) is 0 Å². The maximum absolute atomic E-state index is 11.8. The van der Waals surface area contributed by atoms with Gasteiger partial charge < -0.3 is 5.73 Å². The summed E-state index contributed by atoms with van der Waals surface area (Å²) in [5, 5.41) is 0. The maximum atomic E-state index is 11.8. The first-order chi connectivity index (χ1) is 7.40. The molecule has 0 spiro atoms. The minimum Gasteiger partial charge on any atom is -0.326 e. The van der Waals surface area contributed by atoms with Crippen LogP contribution in [0.5, 0.6) is 0 Å². The van der Waals surface area contributed by atoms with Crippen LogP contribution in [0.3, 0.4) is 0 Å². The molecule has 92 valence electrons. The molecule has 0 saturated carbocycles. The Morgan fingerprint density at radius 2 is 1.69 bits per heavy atom. The largest absolute Gasteiger partial charge is 0.326 e. The molecule has 0 aromatic heterocycles. The molecule has 1 rings (SSSR count). The van der Waals surface area contributed by atoms with Crippen LogP contribution < -0.4 is 5.73 Å². The highest BCUT2D eigenvalue weighted by molar-refractivity contribution is 6.04. The number of rotatable bonds is 4. The second-order valence-corrected chi connectivity index (χ2v) is 4.91. The van der Waals surface area contributed by atoms with Crippen LogP contribution in [0.25, 0.3) is 0 Å². The van der Waals surface area contributed by atoms with Crippen molar-refractivity contribution in [1.82, 2.24) is 4.90 Å². The predicted octanol–water partition coefficient (Wildman–Crippen LogP) is 1.00. The van der Waals surface area contributed by atoms with Gasteiger partial charge in [0.15, 0.2) is 0 Å². The van der Waals surface area contributed by atoms with Gasteiger partial charge in [0.2, 0.25) is 11.8 Å². The number of carbonyl (C=O) groups is 2. The Morgan fingerprint density at radius 3 is 2.06 bits per heavy atom. The lowest BCUT2D eigenvalue weighted by Crippen LogP contribution is -2.44. The van der Waals surface area contributed by atoms with Crippen molar-refractivity contribution in [3.8, 4) is 0 Å². The van der Waals surface area contributed by atoms with E-state index >= 15 is 0 Å². The quantitative estimate of drug-likeness (QED) is 0.727. The molecule has 4 atom stereocenters. The smallest absolute Gasteiger partial charge is 0.232 e. The molecule has 2 amide bonds. The molecular formula is C12H22N2O2. The van der Waals surface area contributed by atoms with Crippen molar-refractivity contribution in [1.29, 1.82) is 0 Å². The van der Waals surface area contributed by atoms with E-state index in [2.05, 4.69) is 6.92 Å². The summed E-state index contributed by atoms with van der Waals surface area (Å²) in [7, 11) is 0. The molecule has 1 aliphatic rings. The number of imide groups is 1. The van der Waals surface area contributed by atoms with Gasteiger partial charge in [-0.15, -0.1) is 0 Å². The number of hydrogen-bond acceptors (Lipinski definition) is 3. The fourth-order valence-corrected chi connectivity index (χ4v) is 1.90. The second-order valence-electron chi connectivity index (χ2n) is 4.91. The van der Waals surface area contributed by atoms with Gasteiger partial charge in [0.05, 0.1) is 0 Å². The first-order valence-electron chi connectivity index (χ1n) is 6.00. The van der Waals surface area contributed by atoms with Crippen LogP contribution in [0.4, 0.5) is 0 Å². The lowest BCUT2D eigenvalue weighted by Gasteiger charge is -2.23. The Kier molecular flexibility index (Phi) is 4.08. The third-order valence-corrected chi connectivity index (χ3v) is 3.83. The average Bonchev–Trinajstić information content (AvgIpc) is 2.45. The highest BCUT2D eigenvalue weighted by Gasteiger charge is 2.42. The summed E-state index contributed by atoms with van der Waals surface area (Å²) in [6, 6.07) is -0.115. The Morgan fingerprint density at radius 1 is 1.25 bits per heavy atom. The van der Waals surface area contributed by atoms with Crippen LogP contribution in [0.1, 0.15) is 34.1 Å². The summed E-state index contributed by atoms with van der Waals surface area (Å²) >= 11 is 0. The summed E-state index contributed by atoms with van der Waals surface area (Å²) in [4.78, 5) is 25.0. The van der Waals surface area contributed by atoms with Gasteiger partial charge in [0, 0.05) is 24.4 Å². The molecule has 2 N–H and O–H groups in total. The highest BCUT2D eigenvalue weighted by atomic mass is 16.2. The second kappa shape index (κ2) is 4.95. The Bertz CT molecular complexity index is 271. The molecule has 0 aromatic carbocycles. The molecule has 1 aliphatic heterocycles. The van der Waals surface area contributed by atoms with E-state index in [4.69, 9.17) is 5.73 Å². The van der Waals surface area contributed by atoms with E-state index in [1.165, 1.54) is 4.90 Å². The van der Waals surface area contributed by atoms with Gasteiger partial charge in [-0.05, 0) is 5.92 Å². The van der Waals surface area contributed by atoms with Gasteiger partial charge in [-0.3, -0.25) is 14.5 Å². The molecule has 4 nitrogen and oxygen atoms in total. The standard InChI is InChI=1S/C12H22N2O2/c1-5-7(2)10(13)6-14-11(15)8(3)9(4)12(14)16/h7-10H,5-6,13H2,1-4H3. The summed E-state index contributed by atoms with van der Waals surface area (Å²) in [5.41, 5.74) is 5.98. The molecular weight excluding hydrogens is 204 g/mol. The van der Waals surface area contributed by atoms with Crippen molar-refractivity contribution in [3.63, 3.8) is 0 Å². The molecule has 1 fully saturated rings. The summed E-state index contributed by atoms with van der Waals surface area (Å²) in [5.74, 6) is -0.215. The summed E-state index contributed by atoms with van der Waals surface area (Å²) < 4.78 is 0. The number of hydrogen-bond donors (Lipinski definition) is 1. The van der Waals surface area contributed by atoms with Crippen molar-refractivity contribution < 1.29 is 9.59 Å². The molecule has 1 saturated heterocycles. The molecule has 16 heavy (non-hydrogen) atoms. The fraction of sp³-hybridized carbons (Fsp3) is 0.833. The van der Waals surface area contributed by atoms with Gasteiger partial charge in [0.1, 0.15) is 0 Å². The minimum absolute atomic E-state index is 0.0729. The van der Waals surface area contributed by atoms with E-state index in [1.807, 2.05) is 6.92 Å². The summed E-state index contributed by atoms with van der Waals surface area (Å²) in [6.45, 7) is 8.08. The van der Waals surface area contributed by atoms with Gasteiger partial charge in [-0.2, -0.15) is 0 Å².